The van der Waals surface area contributed by atoms with Gasteiger partial charge in [0.2, 0.25) is 0 Å². The van der Waals surface area contributed by atoms with Gasteiger partial charge in [0.05, 0.1) is 0 Å². The van der Waals surface area contributed by atoms with Crippen molar-refractivity contribution in [2.45, 2.75) is 13.0 Å². The van der Waals surface area contributed by atoms with Crippen LogP contribution in [-0.4, -0.2) is 0 Å². The number of hydrogen-bond acceptors (Lipinski definition) is 2. The van der Waals surface area contributed by atoms with E-state index in [2.05, 4.69) is 6.58 Å². The second kappa shape index (κ2) is 3.58. The molecule has 70 valence electrons. The summed E-state index contributed by atoms with van der Waals surface area (Å²) < 4.78 is 13.0. The molecular formula is C10H13FN2. The maximum atomic E-state index is 13.0. The minimum absolute atomic E-state index is 0.308. The quantitative estimate of drug-likeness (QED) is 0.539. The monoisotopic (exact) mass is 180 g/mol. The number of halogens is 1. The third-order valence-corrected chi connectivity index (χ3v) is 1.98. The van der Waals surface area contributed by atoms with Crippen molar-refractivity contribution in [1.82, 2.24) is 0 Å². The molecule has 0 fully saturated rings. The molecule has 0 saturated heterocycles. The zero-order chi connectivity index (χ0) is 10.0. The molecule has 2 nitrogen and oxygen atoms in total. The number of rotatable bonds is 2. The average molecular weight is 180 g/mol. The summed E-state index contributed by atoms with van der Waals surface area (Å²) in [5, 5.41) is 0. The van der Waals surface area contributed by atoms with Gasteiger partial charge in [-0.05, 0) is 30.2 Å². The first kappa shape index (κ1) is 9.74. The molecule has 1 aromatic carbocycles. The van der Waals surface area contributed by atoms with E-state index in [1.54, 1.807) is 19.1 Å². The zero-order valence-corrected chi connectivity index (χ0v) is 7.55. The second-order valence-electron chi connectivity index (χ2n) is 2.99. The molecule has 0 saturated carbocycles. The van der Waals surface area contributed by atoms with Crippen molar-refractivity contribution in [3.8, 4) is 0 Å². The maximum Gasteiger partial charge on any atom is 0.128 e. The molecule has 0 aliphatic carbocycles. The fourth-order valence-electron chi connectivity index (χ4n) is 1.13. The molecule has 1 rings (SSSR count). The summed E-state index contributed by atoms with van der Waals surface area (Å²) in [5.74, 6) is -0.308. The second-order valence-corrected chi connectivity index (χ2v) is 2.99. The first-order valence-corrected chi connectivity index (χ1v) is 4.00. The Kier molecular flexibility index (Phi) is 2.68. The van der Waals surface area contributed by atoms with E-state index in [1.165, 1.54) is 6.07 Å². The molecule has 3 heteroatoms. The van der Waals surface area contributed by atoms with Crippen molar-refractivity contribution in [3.63, 3.8) is 0 Å². The van der Waals surface area contributed by atoms with Gasteiger partial charge in [-0.3, -0.25) is 0 Å². The first-order valence-electron chi connectivity index (χ1n) is 4.00. The Morgan fingerprint density at radius 1 is 1.54 bits per heavy atom. The van der Waals surface area contributed by atoms with Gasteiger partial charge < -0.3 is 11.5 Å². The zero-order valence-electron chi connectivity index (χ0n) is 7.55. The highest BCUT2D eigenvalue weighted by Crippen LogP contribution is 2.22. The van der Waals surface area contributed by atoms with Gasteiger partial charge in [0, 0.05) is 11.7 Å². The minimum Gasteiger partial charge on any atom is -0.398 e. The van der Waals surface area contributed by atoms with E-state index in [1.807, 2.05) is 0 Å². The van der Waals surface area contributed by atoms with Crippen LogP contribution in [0.15, 0.2) is 24.8 Å². The van der Waals surface area contributed by atoms with Crippen LogP contribution in [0.2, 0.25) is 0 Å². The van der Waals surface area contributed by atoms with Crippen LogP contribution in [0.25, 0.3) is 0 Å². The van der Waals surface area contributed by atoms with Gasteiger partial charge in [0.1, 0.15) is 5.82 Å². The number of hydrogen-bond donors (Lipinski definition) is 2. The molecular weight excluding hydrogens is 167 g/mol. The van der Waals surface area contributed by atoms with Gasteiger partial charge in [-0.15, -0.1) is 6.58 Å². The molecule has 0 aromatic heterocycles. The molecule has 1 unspecified atom stereocenters. The third kappa shape index (κ3) is 1.87. The molecule has 0 aliphatic rings. The van der Waals surface area contributed by atoms with E-state index in [-0.39, 0.29) is 11.9 Å². The Labute approximate surface area is 77.0 Å². The normalized spacial score (nSPS) is 12.5. The number of nitrogens with two attached hydrogens (primary N) is 2. The molecule has 13 heavy (non-hydrogen) atoms. The van der Waals surface area contributed by atoms with Crippen LogP contribution in [0.5, 0.6) is 0 Å². The fraction of sp³-hybridized carbons (Fsp3) is 0.200. The van der Waals surface area contributed by atoms with E-state index < -0.39 is 0 Å². The number of nitrogen functional groups attached to an aromatic ring is 1. The molecule has 0 bridgehead atoms. The van der Waals surface area contributed by atoms with Crippen LogP contribution in [-0.2, 0) is 0 Å². The van der Waals surface area contributed by atoms with Gasteiger partial charge in [0.15, 0.2) is 0 Å². The lowest BCUT2D eigenvalue weighted by molar-refractivity contribution is 0.618. The minimum atomic E-state index is -0.334. The van der Waals surface area contributed by atoms with Crippen LogP contribution in [0, 0.1) is 12.7 Å². The number of anilines is 1. The molecule has 0 heterocycles. The average Bonchev–Trinajstić information content (AvgIpc) is 2.10. The Hall–Kier alpha value is -1.35. The lowest BCUT2D eigenvalue weighted by Gasteiger charge is -2.11. The number of aryl methyl sites for hydroxylation is 1. The van der Waals surface area contributed by atoms with E-state index in [4.69, 9.17) is 11.5 Å². The van der Waals surface area contributed by atoms with Crippen molar-refractivity contribution in [1.29, 1.82) is 0 Å². The topological polar surface area (TPSA) is 52.0 Å². The standard InChI is InChI=1S/C10H13FN2/c1-3-9(12)7-4-6(2)8(11)5-10(7)13/h3-5,9H,1,12-13H2,2H3. The summed E-state index contributed by atoms with van der Waals surface area (Å²) in [5.41, 5.74) is 12.9. The van der Waals surface area contributed by atoms with Crippen molar-refractivity contribution in [2.75, 3.05) is 5.73 Å². The summed E-state index contributed by atoms with van der Waals surface area (Å²) >= 11 is 0. The molecule has 1 atom stereocenters. The van der Waals surface area contributed by atoms with E-state index >= 15 is 0 Å². The van der Waals surface area contributed by atoms with Gasteiger partial charge in [0.25, 0.3) is 0 Å². The molecule has 0 amide bonds. The molecule has 0 spiro atoms. The Morgan fingerprint density at radius 2 is 2.15 bits per heavy atom. The Morgan fingerprint density at radius 3 is 2.69 bits per heavy atom. The van der Waals surface area contributed by atoms with Crippen LogP contribution in [0.3, 0.4) is 0 Å². The van der Waals surface area contributed by atoms with Gasteiger partial charge in [-0.2, -0.15) is 0 Å². The van der Waals surface area contributed by atoms with Crippen LogP contribution < -0.4 is 11.5 Å². The highest BCUT2D eigenvalue weighted by atomic mass is 19.1. The van der Waals surface area contributed by atoms with Crippen molar-refractivity contribution in [3.05, 3.63) is 41.7 Å². The van der Waals surface area contributed by atoms with Gasteiger partial charge >= 0.3 is 0 Å². The maximum absolute atomic E-state index is 13.0. The predicted molar refractivity (Wildman–Crippen MR) is 52.7 cm³/mol. The summed E-state index contributed by atoms with van der Waals surface area (Å²) in [7, 11) is 0. The van der Waals surface area contributed by atoms with Crippen molar-refractivity contribution >= 4 is 5.69 Å². The largest absolute Gasteiger partial charge is 0.398 e. The van der Waals surface area contributed by atoms with E-state index in [0.717, 1.165) is 0 Å². The number of benzene rings is 1. The van der Waals surface area contributed by atoms with Crippen LogP contribution in [0.4, 0.5) is 10.1 Å². The fourth-order valence-corrected chi connectivity index (χ4v) is 1.13. The third-order valence-electron chi connectivity index (χ3n) is 1.98. The lowest BCUT2D eigenvalue weighted by Crippen LogP contribution is -2.10. The van der Waals surface area contributed by atoms with E-state index in [0.29, 0.717) is 16.8 Å². The Bertz CT molecular complexity index is 334. The van der Waals surface area contributed by atoms with Gasteiger partial charge in [-0.25, -0.2) is 4.39 Å². The van der Waals surface area contributed by atoms with Gasteiger partial charge in [-0.1, -0.05) is 6.08 Å². The summed E-state index contributed by atoms with van der Waals surface area (Å²) in [6.07, 6.45) is 1.57. The Balaban J connectivity index is 3.22. The highest BCUT2D eigenvalue weighted by molar-refractivity contribution is 5.51. The van der Waals surface area contributed by atoms with Crippen LogP contribution in [0.1, 0.15) is 17.2 Å². The summed E-state index contributed by atoms with van der Waals surface area (Å²) in [6, 6.07) is 2.60. The SMILES string of the molecule is C=CC(N)c1cc(C)c(F)cc1N. The van der Waals surface area contributed by atoms with Crippen LogP contribution >= 0.6 is 0 Å². The predicted octanol–water partition coefficient (Wildman–Crippen LogP) is 1.90. The molecule has 1 aromatic rings. The molecule has 0 aliphatic heterocycles. The first-order chi connectivity index (χ1) is 6.06. The molecule has 4 N–H and O–H groups in total. The lowest BCUT2D eigenvalue weighted by atomic mass is 10.0. The van der Waals surface area contributed by atoms with Crippen molar-refractivity contribution in [2.24, 2.45) is 5.73 Å². The van der Waals surface area contributed by atoms with Crippen molar-refractivity contribution < 1.29 is 4.39 Å². The smallest absolute Gasteiger partial charge is 0.128 e. The molecule has 0 radical (unpaired) electrons. The van der Waals surface area contributed by atoms with E-state index in [9.17, 15) is 4.39 Å². The highest BCUT2D eigenvalue weighted by Gasteiger charge is 2.08. The summed E-state index contributed by atoms with van der Waals surface area (Å²) in [4.78, 5) is 0. The summed E-state index contributed by atoms with van der Waals surface area (Å²) in [6.45, 7) is 5.23.